The van der Waals surface area contributed by atoms with Crippen LogP contribution in [0.4, 0.5) is 5.82 Å². The zero-order valence-electron chi connectivity index (χ0n) is 17.4. The molecule has 1 fully saturated rings. The van der Waals surface area contributed by atoms with Gasteiger partial charge in [-0.2, -0.15) is 5.10 Å². The molecule has 0 unspecified atom stereocenters. The second kappa shape index (κ2) is 8.23. The van der Waals surface area contributed by atoms with Crippen molar-refractivity contribution >= 4 is 5.82 Å². The third-order valence-electron chi connectivity index (χ3n) is 5.51. The summed E-state index contributed by atoms with van der Waals surface area (Å²) in [4.78, 5) is 16.7. The van der Waals surface area contributed by atoms with E-state index in [9.17, 15) is 4.79 Å². The van der Waals surface area contributed by atoms with Crippen molar-refractivity contribution in [1.82, 2.24) is 19.3 Å². The smallest absolute Gasteiger partial charge is 0.250 e. The van der Waals surface area contributed by atoms with Crippen molar-refractivity contribution in [3.8, 4) is 16.8 Å². The van der Waals surface area contributed by atoms with Gasteiger partial charge in [0.2, 0.25) is 0 Å². The summed E-state index contributed by atoms with van der Waals surface area (Å²) in [6.07, 6.45) is 12.7. The minimum atomic E-state index is 0.0141. The SMILES string of the molecule is Cc1cc(NC2CCCC2)ncc1-c1cnn(-c2ccc(=O)n(CC(C)C)c2)c1. The van der Waals surface area contributed by atoms with Crippen LogP contribution in [0, 0.1) is 12.8 Å². The molecule has 152 valence electrons. The molecule has 0 atom stereocenters. The standard InChI is InChI=1S/C23H29N5O/c1-16(2)13-27-15-20(8-9-23(27)29)28-14-18(11-25-28)21-12-24-22(10-17(21)3)26-19-6-4-5-7-19/h8-12,14-16,19H,4-7,13H2,1-3H3,(H,24,26). The van der Waals surface area contributed by atoms with E-state index in [0.717, 1.165) is 22.6 Å². The summed E-state index contributed by atoms with van der Waals surface area (Å²) < 4.78 is 3.56. The zero-order chi connectivity index (χ0) is 20.4. The predicted molar refractivity (Wildman–Crippen MR) is 117 cm³/mol. The number of hydrogen-bond donors (Lipinski definition) is 1. The molecule has 0 aromatic carbocycles. The molecule has 1 N–H and O–H groups in total. The first kappa shape index (κ1) is 19.4. The molecule has 1 saturated carbocycles. The molecule has 0 radical (unpaired) electrons. The Balaban J connectivity index is 1.57. The largest absolute Gasteiger partial charge is 0.367 e. The Morgan fingerprint density at radius 3 is 2.69 bits per heavy atom. The molecule has 0 bridgehead atoms. The van der Waals surface area contributed by atoms with E-state index in [-0.39, 0.29) is 5.56 Å². The molecule has 3 aromatic rings. The van der Waals surface area contributed by atoms with Gasteiger partial charge in [0, 0.05) is 48.4 Å². The van der Waals surface area contributed by atoms with Crippen LogP contribution in [0.1, 0.15) is 45.1 Å². The average Bonchev–Trinajstić information content (AvgIpc) is 3.35. The van der Waals surface area contributed by atoms with Crippen LogP contribution in [-0.2, 0) is 6.54 Å². The molecule has 0 saturated heterocycles. The van der Waals surface area contributed by atoms with Gasteiger partial charge in [0.15, 0.2) is 0 Å². The molecule has 6 nitrogen and oxygen atoms in total. The number of anilines is 1. The van der Waals surface area contributed by atoms with E-state index in [1.807, 2.05) is 35.5 Å². The quantitative estimate of drug-likeness (QED) is 0.676. The van der Waals surface area contributed by atoms with Gasteiger partial charge in [-0.05, 0) is 43.4 Å². The van der Waals surface area contributed by atoms with Crippen LogP contribution in [0.2, 0.25) is 0 Å². The first-order valence-electron chi connectivity index (χ1n) is 10.5. The van der Waals surface area contributed by atoms with Crippen molar-refractivity contribution in [3.63, 3.8) is 0 Å². The Kier molecular flexibility index (Phi) is 5.51. The maximum atomic E-state index is 12.1. The molecule has 0 amide bonds. The van der Waals surface area contributed by atoms with Crippen LogP contribution in [0.5, 0.6) is 0 Å². The summed E-state index contributed by atoms with van der Waals surface area (Å²) >= 11 is 0. The van der Waals surface area contributed by atoms with Gasteiger partial charge in [0.1, 0.15) is 5.82 Å². The first-order valence-corrected chi connectivity index (χ1v) is 10.5. The van der Waals surface area contributed by atoms with E-state index < -0.39 is 0 Å². The molecular formula is C23H29N5O. The van der Waals surface area contributed by atoms with Crippen molar-refractivity contribution < 1.29 is 0 Å². The molecule has 4 rings (SSSR count). The molecule has 0 aliphatic heterocycles. The lowest BCUT2D eigenvalue weighted by molar-refractivity contribution is 0.509. The summed E-state index contributed by atoms with van der Waals surface area (Å²) in [5.74, 6) is 1.35. The van der Waals surface area contributed by atoms with Gasteiger partial charge in [-0.15, -0.1) is 0 Å². The van der Waals surface area contributed by atoms with Gasteiger partial charge in [0.25, 0.3) is 5.56 Å². The van der Waals surface area contributed by atoms with E-state index in [4.69, 9.17) is 0 Å². The van der Waals surface area contributed by atoms with Gasteiger partial charge < -0.3 is 9.88 Å². The second-order valence-electron chi connectivity index (χ2n) is 8.46. The van der Waals surface area contributed by atoms with Crippen molar-refractivity contribution in [2.75, 3.05) is 5.32 Å². The van der Waals surface area contributed by atoms with E-state index in [2.05, 4.69) is 42.2 Å². The number of hydrogen-bond acceptors (Lipinski definition) is 4. The van der Waals surface area contributed by atoms with Crippen LogP contribution < -0.4 is 10.9 Å². The van der Waals surface area contributed by atoms with Gasteiger partial charge >= 0.3 is 0 Å². The van der Waals surface area contributed by atoms with Crippen LogP contribution in [-0.4, -0.2) is 25.4 Å². The third-order valence-corrected chi connectivity index (χ3v) is 5.51. The van der Waals surface area contributed by atoms with Gasteiger partial charge in [-0.25, -0.2) is 9.67 Å². The predicted octanol–water partition coefficient (Wildman–Crippen LogP) is 4.41. The van der Waals surface area contributed by atoms with Crippen molar-refractivity contribution in [2.24, 2.45) is 5.92 Å². The van der Waals surface area contributed by atoms with Crippen molar-refractivity contribution in [2.45, 2.75) is 59.0 Å². The average molecular weight is 392 g/mol. The lowest BCUT2D eigenvalue weighted by Crippen LogP contribution is -2.21. The minimum absolute atomic E-state index is 0.0141. The van der Waals surface area contributed by atoms with Crippen molar-refractivity contribution in [1.29, 1.82) is 0 Å². The fourth-order valence-corrected chi connectivity index (χ4v) is 4.01. The Bertz CT molecular complexity index is 1040. The topological polar surface area (TPSA) is 64.7 Å². The highest BCUT2D eigenvalue weighted by Gasteiger charge is 2.16. The molecule has 1 aliphatic carbocycles. The molecular weight excluding hydrogens is 362 g/mol. The summed E-state index contributed by atoms with van der Waals surface area (Å²) in [7, 11) is 0. The molecule has 3 aromatic heterocycles. The monoisotopic (exact) mass is 391 g/mol. The first-order chi connectivity index (χ1) is 14.0. The Morgan fingerprint density at radius 1 is 1.17 bits per heavy atom. The highest BCUT2D eigenvalue weighted by molar-refractivity contribution is 5.67. The van der Waals surface area contributed by atoms with Crippen LogP contribution in [0.3, 0.4) is 0 Å². The third kappa shape index (κ3) is 4.42. The van der Waals surface area contributed by atoms with Crippen molar-refractivity contribution in [3.05, 3.63) is 58.9 Å². The van der Waals surface area contributed by atoms with E-state index in [1.54, 1.807) is 10.6 Å². The number of nitrogens with one attached hydrogen (secondary N) is 1. The summed E-state index contributed by atoms with van der Waals surface area (Å²) in [6, 6.07) is 6.09. The Morgan fingerprint density at radius 2 is 1.97 bits per heavy atom. The number of nitrogens with zero attached hydrogens (tertiary/aromatic N) is 4. The fourth-order valence-electron chi connectivity index (χ4n) is 4.01. The molecule has 6 heteroatoms. The number of aryl methyl sites for hydroxylation is 1. The lowest BCUT2D eigenvalue weighted by atomic mass is 10.1. The molecule has 29 heavy (non-hydrogen) atoms. The van der Waals surface area contributed by atoms with Crippen LogP contribution >= 0.6 is 0 Å². The lowest BCUT2D eigenvalue weighted by Gasteiger charge is -2.14. The fraction of sp³-hybridized carbons (Fsp3) is 0.435. The maximum absolute atomic E-state index is 12.1. The Hall–Kier alpha value is -2.89. The normalized spacial score (nSPS) is 14.6. The summed E-state index contributed by atoms with van der Waals surface area (Å²) in [6.45, 7) is 7.01. The van der Waals surface area contributed by atoms with Gasteiger partial charge in [-0.3, -0.25) is 4.79 Å². The maximum Gasteiger partial charge on any atom is 0.250 e. The zero-order valence-corrected chi connectivity index (χ0v) is 17.4. The number of aromatic nitrogens is 4. The Labute approximate surface area is 171 Å². The summed E-state index contributed by atoms with van der Waals surface area (Å²) in [5.41, 5.74) is 4.15. The van der Waals surface area contributed by atoms with Gasteiger partial charge in [-0.1, -0.05) is 26.7 Å². The molecule has 1 aliphatic rings. The van der Waals surface area contributed by atoms with Crippen LogP contribution in [0.15, 0.2) is 47.8 Å². The number of pyridine rings is 2. The molecule has 3 heterocycles. The van der Waals surface area contributed by atoms with E-state index in [0.29, 0.717) is 18.5 Å². The van der Waals surface area contributed by atoms with E-state index >= 15 is 0 Å². The van der Waals surface area contributed by atoms with E-state index in [1.165, 1.54) is 31.2 Å². The van der Waals surface area contributed by atoms with Gasteiger partial charge in [0.05, 0.1) is 11.9 Å². The summed E-state index contributed by atoms with van der Waals surface area (Å²) in [5, 5.41) is 8.07. The second-order valence-corrected chi connectivity index (χ2v) is 8.46. The number of rotatable bonds is 6. The minimum Gasteiger partial charge on any atom is -0.367 e. The molecule has 0 spiro atoms. The highest BCUT2D eigenvalue weighted by Crippen LogP contribution is 2.27. The van der Waals surface area contributed by atoms with Crippen LogP contribution in [0.25, 0.3) is 16.8 Å². The highest BCUT2D eigenvalue weighted by atomic mass is 16.1.